The zero-order valence-electron chi connectivity index (χ0n) is 10.9. The van der Waals surface area contributed by atoms with Crippen molar-refractivity contribution in [2.75, 3.05) is 6.54 Å². The molecule has 0 heterocycles. The van der Waals surface area contributed by atoms with Crippen LogP contribution in [0.1, 0.15) is 42.5 Å². The van der Waals surface area contributed by atoms with Crippen molar-refractivity contribution < 1.29 is 8.42 Å². The molecule has 1 N–H and O–H groups in total. The van der Waals surface area contributed by atoms with Gasteiger partial charge in [0.05, 0.1) is 10.1 Å². The fraction of sp³-hybridized carbons (Fsp3) is 0.571. The van der Waals surface area contributed by atoms with E-state index in [-0.39, 0.29) is 10.1 Å². The highest BCUT2D eigenvalue weighted by Crippen LogP contribution is 2.25. The van der Waals surface area contributed by atoms with Crippen LogP contribution in [0.4, 0.5) is 0 Å². The van der Waals surface area contributed by atoms with Crippen molar-refractivity contribution in [3.05, 3.63) is 35.9 Å². The number of nitrogens with one attached hydrogen (secondary N) is 1. The number of halogens is 1. The minimum atomic E-state index is -3.17. The highest BCUT2D eigenvalue weighted by atomic mass is 79.9. The lowest BCUT2D eigenvalue weighted by atomic mass is 10.0. The number of hydrogen-bond acceptors (Lipinski definition) is 2. The standard InChI is InChI=1S/C14H20BrNO2S/c15-14(12-7-3-1-4-8-12)11-16-19(17,18)13-9-5-2-6-10-13/h1,3-4,7-8,13-14,16H,2,5-6,9-11H2. The third kappa shape index (κ3) is 4.29. The molecule has 106 valence electrons. The van der Waals surface area contributed by atoms with Gasteiger partial charge in [0, 0.05) is 6.54 Å². The third-order valence-corrected chi connectivity index (χ3v) is 6.39. The fourth-order valence-electron chi connectivity index (χ4n) is 2.46. The van der Waals surface area contributed by atoms with Crippen LogP contribution in [0.25, 0.3) is 0 Å². The predicted octanol–water partition coefficient (Wildman–Crippen LogP) is 3.37. The van der Waals surface area contributed by atoms with Crippen molar-refractivity contribution in [3.63, 3.8) is 0 Å². The Balaban J connectivity index is 1.90. The first kappa shape index (κ1) is 15.0. The van der Waals surface area contributed by atoms with Gasteiger partial charge in [0.25, 0.3) is 0 Å². The first-order chi connectivity index (χ1) is 9.09. The Kier molecular flexibility index (Phi) is 5.42. The Labute approximate surface area is 124 Å². The predicted molar refractivity (Wildman–Crippen MR) is 81.9 cm³/mol. The van der Waals surface area contributed by atoms with Crippen molar-refractivity contribution in [3.8, 4) is 0 Å². The monoisotopic (exact) mass is 345 g/mol. The number of rotatable bonds is 5. The first-order valence-corrected chi connectivity index (χ1v) is 9.23. The van der Waals surface area contributed by atoms with E-state index in [1.165, 1.54) is 0 Å². The summed E-state index contributed by atoms with van der Waals surface area (Å²) >= 11 is 3.54. The van der Waals surface area contributed by atoms with E-state index in [2.05, 4.69) is 20.7 Å². The molecule has 0 aliphatic heterocycles. The molecule has 1 aliphatic rings. The van der Waals surface area contributed by atoms with Gasteiger partial charge in [-0.1, -0.05) is 65.5 Å². The molecule has 1 aliphatic carbocycles. The van der Waals surface area contributed by atoms with Gasteiger partial charge in [-0.3, -0.25) is 0 Å². The minimum Gasteiger partial charge on any atom is -0.214 e. The molecule has 1 fully saturated rings. The SMILES string of the molecule is O=S(=O)(NCC(Br)c1ccccc1)C1CCCCC1. The summed E-state index contributed by atoms with van der Waals surface area (Å²) in [6, 6.07) is 9.86. The van der Waals surface area contributed by atoms with Crippen LogP contribution in [-0.4, -0.2) is 20.2 Å². The van der Waals surface area contributed by atoms with Gasteiger partial charge in [0.1, 0.15) is 0 Å². The van der Waals surface area contributed by atoms with E-state index in [4.69, 9.17) is 0 Å². The van der Waals surface area contributed by atoms with Crippen LogP contribution in [0.15, 0.2) is 30.3 Å². The summed E-state index contributed by atoms with van der Waals surface area (Å²) in [6.45, 7) is 0.406. The molecule has 0 aromatic heterocycles. The van der Waals surface area contributed by atoms with Crippen LogP contribution in [0.2, 0.25) is 0 Å². The van der Waals surface area contributed by atoms with Crippen molar-refractivity contribution in [1.29, 1.82) is 0 Å². The molecule has 1 atom stereocenters. The quantitative estimate of drug-likeness (QED) is 0.831. The number of alkyl halides is 1. The maximum absolute atomic E-state index is 12.2. The zero-order chi connectivity index (χ0) is 13.7. The normalized spacial score (nSPS) is 19.2. The van der Waals surface area contributed by atoms with Crippen molar-refractivity contribution in [2.24, 2.45) is 0 Å². The molecular weight excluding hydrogens is 326 g/mol. The fourth-order valence-corrected chi connectivity index (χ4v) is 4.73. The summed E-state index contributed by atoms with van der Waals surface area (Å²) in [5.41, 5.74) is 1.09. The first-order valence-electron chi connectivity index (χ1n) is 6.77. The van der Waals surface area contributed by atoms with Gasteiger partial charge < -0.3 is 0 Å². The summed E-state index contributed by atoms with van der Waals surface area (Å²) in [6.07, 6.45) is 4.82. The van der Waals surface area contributed by atoms with Crippen molar-refractivity contribution in [2.45, 2.75) is 42.2 Å². The Morgan fingerprint density at radius 3 is 2.42 bits per heavy atom. The van der Waals surface area contributed by atoms with Crippen LogP contribution >= 0.6 is 15.9 Å². The molecule has 2 rings (SSSR count). The average Bonchev–Trinajstić information content (AvgIpc) is 2.47. The lowest BCUT2D eigenvalue weighted by Gasteiger charge is -2.22. The number of sulfonamides is 1. The van der Waals surface area contributed by atoms with Crippen molar-refractivity contribution in [1.82, 2.24) is 4.72 Å². The summed E-state index contributed by atoms with van der Waals surface area (Å²) in [5.74, 6) is 0. The van der Waals surface area contributed by atoms with Gasteiger partial charge in [-0.25, -0.2) is 13.1 Å². The minimum absolute atomic E-state index is 0.0204. The molecule has 0 spiro atoms. The lowest BCUT2D eigenvalue weighted by molar-refractivity contribution is 0.477. The highest BCUT2D eigenvalue weighted by Gasteiger charge is 2.27. The van der Waals surface area contributed by atoms with Crippen LogP contribution in [0.5, 0.6) is 0 Å². The van der Waals surface area contributed by atoms with Crippen molar-refractivity contribution >= 4 is 26.0 Å². The molecule has 1 unspecified atom stereocenters. The molecule has 1 saturated carbocycles. The maximum Gasteiger partial charge on any atom is 0.214 e. The molecule has 0 radical (unpaired) electrons. The van der Waals surface area contributed by atoms with Crippen LogP contribution in [0, 0.1) is 0 Å². The Bertz CT molecular complexity index is 483. The lowest BCUT2D eigenvalue weighted by Crippen LogP contribution is -2.37. The molecule has 0 saturated heterocycles. The van der Waals surface area contributed by atoms with Gasteiger partial charge >= 0.3 is 0 Å². The Morgan fingerprint density at radius 2 is 1.79 bits per heavy atom. The van der Waals surface area contributed by atoms with Gasteiger partial charge in [-0.05, 0) is 18.4 Å². The molecule has 0 amide bonds. The van der Waals surface area contributed by atoms with Crippen LogP contribution in [0.3, 0.4) is 0 Å². The van der Waals surface area contributed by atoms with E-state index in [0.717, 1.165) is 37.7 Å². The van der Waals surface area contributed by atoms with E-state index in [9.17, 15) is 8.42 Å². The number of hydrogen-bond donors (Lipinski definition) is 1. The second-order valence-corrected chi connectivity index (χ2v) is 8.18. The van der Waals surface area contributed by atoms with Gasteiger partial charge in [-0.15, -0.1) is 0 Å². The maximum atomic E-state index is 12.2. The summed E-state index contributed by atoms with van der Waals surface area (Å²) in [5, 5.41) is -0.197. The second-order valence-electron chi connectivity index (χ2n) is 5.03. The van der Waals surface area contributed by atoms with E-state index >= 15 is 0 Å². The number of benzene rings is 1. The molecule has 3 nitrogen and oxygen atoms in total. The largest absolute Gasteiger partial charge is 0.214 e. The molecule has 0 bridgehead atoms. The van der Waals surface area contributed by atoms with Crippen LogP contribution < -0.4 is 4.72 Å². The topological polar surface area (TPSA) is 46.2 Å². The Morgan fingerprint density at radius 1 is 1.16 bits per heavy atom. The van der Waals surface area contributed by atoms with Gasteiger partial charge in [-0.2, -0.15) is 0 Å². The Hall–Kier alpha value is -0.390. The van der Waals surface area contributed by atoms with Gasteiger partial charge in [0.2, 0.25) is 10.0 Å². The molecule has 1 aromatic rings. The van der Waals surface area contributed by atoms with E-state index < -0.39 is 10.0 Å². The smallest absolute Gasteiger partial charge is 0.214 e. The van der Waals surface area contributed by atoms with E-state index in [1.807, 2.05) is 30.3 Å². The second kappa shape index (κ2) is 6.86. The summed E-state index contributed by atoms with van der Waals surface area (Å²) in [4.78, 5) is 0.0204. The van der Waals surface area contributed by atoms with Crippen LogP contribution in [-0.2, 0) is 10.0 Å². The average molecular weight is 346 g/mol. The molecule has 19 heavy (non-hydrogen) atoms. The van der Waals surface area contributed by atoms with E-state index in [1.54, 1.807) is 0 Å². The summed E-state index contributed by atoms with van der Waals surface area (Å²) in [7, 11) is -3.17. The third-order valence-electron chi connectivity index (χ3n) is 3.62. The molecule has 1 aromatic carbocycles. The molecule has 5 heteroatoms. The summed E-state index contributed by atoms with van der Waals surface area (Å²) < 4.78 is 27.1. The zero-order valence-corrected chi connectivity index (χ0v) is 13.3. The van der Waals surface area contributed by atoms with Gasteiger partial charge in [0.15, 0.2) is 0 Å². The molecular formula is C14H20BrNO2S. The highest BCUT2D eigenvalue weighted by molar-refractivity contribution is 9.09. The van der Waals surface area contributed by atoms with E-state index in [0.29, 0.717) is 6.54 Å².